The van der Waals surface area contributed by atoms with E-state index >= 15 is 0 Å². The number of hydrogen-bond acceptors (Lipinski definition) is 6. The van der Waals surface area contributed by atoms with E-state index in [0.29, 0.717) is 18.0 Å². The molecular formula is C42H59N5O4. The molecule has 4 N–H and O–H groups in total. The first kappa shape index (κ1) is 38.4. The van der Waals surface area contributed by atoms with E-state index in [4.69, 9.17) is 0 Å². The van der Waals surface area contributed by atoms with Crippen molar-refractivity contribution in [3.05, 3.63) is 78.0 Å². The van der Waals surface area contributed by atoms with Gasteiger partial charge in [-0.2, -0.15) is 0 Å². The van der Waals surface area contributed by atoms with Crippen LogP contribution >= 0.6 is 0 Å². The number of aromatic nitrogens is 1. The summed E-state index contributed by atoms with van der Waals surface area (Å²) in [5.41, 5.74) is 1.79. The lowest BCUT2D eigenvalue weighted by Gasteiger charge is -2.36. The Labute approximate surface area is 304 Å². The number of aliphatic hydroxyl groups excluding tert-OH is 1. The van der Waals surface area contributed by atoms with Gasteiger partial charge >= 0.3 is 0 Å². The molecule has 0 saturated heterocycles. The molecule has 9 heteroatoms. The summed E-state index contributed by atoms with van der Waals surface area (Å²) in [4.78, 5) is 47.6. The zero-order chi connectivity index (χ0) is 36.4. The number of likely N-dealkylation sites (N-methyl/N-ethyl adjacent to an activating group) is 1. The molecule has 5 rings (SSSR count). The summed E-state index contributed by atoms with van der Waals surface area (Å²) in [6, 6.07) is 20.5. The second kappa shape index (κ2) is 18.1. The van der Waals surface area contributed by atoms with Crippen molar-refractivity contribution >= 4 is 28.6 Å². The summed E-state index contributed by atoms with van der Waals surface area (Å²) in [5.74, 6) is -0.377. The largest absolute Gasteiger partial charge is 0.392 e. The van der Waals surface area contributed by atoms with Crippen molar-refractivity contribution in [2.75, 3.05) is 13.6 Å². The summed E-state index contributed by atoms with van der Waals surface area (Å²) in [5, 5.41) is 22.2. The van der Waals surface area contributed by atoms with Crippen LogP contribution in [-0.2, 0) is 16.0 Å². The predicted octanol–water partition coefficient (Wildman–Crippen LogP) is 6.19. The number of hydrogen-bond donors (Lipinski definition) is 4. The molecule has 1 unspecified atom stereocenters. The van der Waals surface area contributed by atoms with Crippen LogP contribution in [0, 0.1) is 11.8 Å². The normalized spacial score (nSPS) is 20.4. The number of carbonyl (C=O) groups is 3. The molecule has 0 bridgehead atoms. The highest BCUT2D eigenvalue weighted by Gasteiger charge is 2.34. The van der Waals surface area contributed by atoms with Gasteiger partial charge in [-0.1, -0.05) is 99.5 Å². The Morgan fingerprint density at radius 1 is 0.824 bits per heavy atom. The van der Waals surface area contributed by atoms with E-state index in [2.05, 4.69) is 20.9 Å². The highest BCUT2D eigenvalue weighted by atomic mass is 16.3. The van der Waals surface area contributed by atoms with E-state index in [9.17, 15) is 19.5 Å². The third kappa shape index (κ3) is 11.6. The summed E-state index contributed by atoms with van der Waals surface area (Å²) in [6.07, 6.45) is 10.1. The number of pyridine rings is 1. The van der Waals surface area contributed by atoms with E-state index in [1.54, 1.807) is 6.07 Å². The maximum Gasteiger partial charge on any atom is 0.270 e. The van der Waals surface area contributed by atoms with Crippen LogP contribution in [0.3, 0.4) is 0 Å². The van der Waals surface area contributed by atoms with Gasteiger partial charge < -0.3 is 21.1 Å². The summed E-state index contributed by atoms with van der Waals surface area (Å²) in [7, 11) is 1.92. The fourth-order valence-electron chi connectivity index (χ4n) is 7.93. The van der Waals surface area contributed by atoms with Gasteiger partial charge in [0.05, 0.1) is 17.7 Å². The number of nitrogens with one attached hydrogen (secondary N) is 3. The van der Waals surface area contributed by atoms with Crippen molar-refractivity contribution in [3.63, 3.8) is 0 Å². The van der Waals surface area contributed by atoms with Gasteiger partial charge in [0.25, 0.3) is 5.91 Å². The lowest BCUT2D eigenvalue weighted by atomic mass is 9.84. The highest BCUT2D eigenvalue weighted by Crippen LogP contribution is 2.29. The topological polar surface area (TPSA) is 124 Å². The van der Waals surface area contributed by atoms with Crippen LogP contribution in [0.2, 0.25) is 0 Å². The van der Waals surface area contributed by atoms with Crippen molar-refractivity contribution in [2.24, 2.45) is 11.8 Å². The van der Waals surface area contributed by atoms with Gasteiger partial charge in [-0.25, -0.2) is 4.98 Å². The Morgan fingerprint density at radius 3 is 2.18 bits per heavy atom. The van der Waals surface area contributed by atoms with Gasteiger partial charge in [0.2, 0.25) is 11.8 Å². The molecule has 5 atom stereocenters. The quantitative estimate of drug-likeness (QED) is 0.159. The lowest BCUT2D eigenvalue weighted by Crippen LogP contribution is -2.55. The number of amides is 3. The molecule has 2 aromatic carbocycles. The monoisotopic (exact) mass is 697 g/mol. The minimum absolute atomic E-state index is 0.00868. The minimum atomic E-state index is -0.813. The Balaban J connectivity index is 1.26. The number of benzene rings is 2. The van der Waals surface area contributed by atoms with Gasteiger partial charge in [-0.15, -0.1) is 0 Å². The van der Waals surface area contributed by atoms with Gasteiger partial charge in [-0.05, 0) is 83.5 Å². The SMILES string of the molecule is CN(CC(O)C[C@@H](Cc1ccccc1)C(=O)N[C@H]1CCCC[C@@H]1NC(=O)c1ccc2ccccc2n1)[C@@H](CC1CCCCC1)C(=O)NC(C)(C)C. The molecule has 2 fully saturated rings. The average molecular weight is 698 g/mol. The van der Waals surface area contributed by atoms with Gasteiger partial charge in [0.1, 0.15) is 5.69 Å². The molecule has 0 radical (unpaired) electrons. The fraction of sp³-hybridized carbons (Fsp3) is 0.571. The van der Waals surface area contributed by atoms with Crippen LogP contribution < -0.4 is 16.0 Å². The summed E-state index contributed by atoms with van der Waals surface area (Å²) < 4.78 is 0. The number of aliphatic hydroxyl groups is 1. The number of para-hydroxylation sites is 1. The number of nitrogens with zero attached hydrogens (tertiary/aromatic N) is 2. The molecule has 0 spiro atoms. The number of rotatable bonds is 14. The zero-order valence-electron chi connectivity index (χ0n) is 31.1. The molecule has 1 aromatic heterocycles. The molecule has 3 amide bonds. The lowest BCUT2D eigenvalue weighted by molar-refractivity contribution is -0.130. The summed E-state index contributed by atoms with van der Waals surface area (Å²) in [6.45, 7) is 6.26. The van der Waals surface area contributed by atoms with Crippen LogP contribution in [0.25, 0.3) is 10.9 Å². The molecule has 9 nitrogen and oxygen atoms in total. The molecule has 276 valence electrons. The second-order valence-electron chi connectivity index (χ2n) is 16.1. The molecule has 0 aliphatic heterocycles. The van der Waals surface area contributed by atoms with Crippen LogP contribution in [0.1, 0.15) is 107 Å². The van der Waals surface area contributed by atoms with Crippen LogP contribution in [0.4, 0.5) is 0 Å². The molecule has 2 aliphatic carbocycles. The number of carbonyl (C=O) groups excluding carboxylic acids is 3. The third-order valence-corrected chi connectivity index (χ3v) is 10.6. The van der Waals surface area contributed by atoms with E-state index < -0.39 is 12.0 Å². The predicted molar refractivity (Wildman–Crippen MR) is 203 cm³/mol. The third-order valence-electron chi connectivity index (χ3n) is 10.6. The van der Waals surface area contributed by atoms with Gasteiger partial charge in [0.15, 0.2) is 0 Å². The molecular weight excluding hydrogens is 638 g/mol. The first-order valence-corrected chi connectivity index (χ1v) is 19.2. The maximum atomic E-state index is 14.1. The van der Waals surface area contributed by atoms with E-state index in [1.165, 1.54) is 19.3 Å². The van der Waals surface area contributed by atoms with E-state index in [1.807, 2.05) is 93.4 Å². The Morgan fingerprint density at radius 2 is 1.47 bits per heavy atom. The standard InChI is InChI=1S/C42H59N5O4/c1-42(2,3)46-41(51)38(26-30-17-9-6-10-18-30)47(4)28-33(48)27-32(25-29-15-7-5-8-16-29)39(49)44-35-21-13-14-22-36(35)45-40(50)37-24-23-31-19-11-12-20-34(31)43-37/h5,7-8,11-12,15-16,19-20,23-24,30,32-33,35-36,38,48H,6,9-10,13-14,17-18,21-22,25-28H2,1-4H3,(H,44,49)(H,45,50)(H,46,51)/t32-,33?,35+,36+,38+/m1/s1. The molecule has 3 aromatic rings. The van der Waals surface area contributed by atoms with Crippen molar-refractivity contribution in [3.8, 4) is 0 Å². The van der Waals surface area contributed by atoms with E-state index in [0.717, 1.165) is 61.4 Å². The molecule has 51 heavy (non-hydrogen) atoms. The minimum Gasteiger partial charge on any atom is -0.392 e. The first-order chi connectivity index (χ1) is 24.4. The van der Waals surface area contributed by atoms with Crippen LogP contribution in [-0.4, -0.2) is 76.1 Å². The van der Waals surface area contributed by atoms with E-state index in [-0.39, 0.29) is 54.4 Å². The highest BCUT2D eigenvalue weighted by molar-refractivity contribution is 5.95. The Kier molecular flexibility index (Phi) is 13.6. The van der Waals surface area contributed by atoms with Crippen molar-refractivity contribution in [2.45, 2.75) is 128 Å². The smallest absolute Gasteiger partial charge is 0.270 e. The zero-order valence-corrected chi connectivity index (χ0v) is 31.1. The van der Waals surface area contributed by atoms with Gasteiger partial charge in [0, 0.05) is 35.5 Å². The second-order valence-corrected chi connectivity index (χ2v) is 16.1. The average Bonchev–Trinajstić information content (AvgIpc) is 3.11. The van der Waals surface area contributed by atoms with Crippen molar-refractivity contribution < 1.29 is 19.5 Å². The molecule has 2 saturated carbocycles. The molecule has 2 aliphatic rings. The summed E-state index contributed by atoms with van der Waals surface area (Å²) >= 11 is 0. The molecule has 1 heterocycles. The first-order valence-electron chi connectivity index (χ1n) is 19.2. The van der Waals surface area contributed by atoms with Crippen molar-refractivity contribution in [1.29, 1.82) is 0 Å². The Hall–Kier alpha value is -3.82. The van der Waals surface area contributed by atoms with Crippen LogP contribution in [0.15, 0.2) is 66.7 Å². The Bertz CT molecular complexity index is 1580. The van der Waals surface area contributed by atoms with Gasteiger partial charge in [-0.3, -0.25) is 19.3 Å². The van der Waals surface area contributed by atoms with Crippen LogP contribution in [0.5, 0.6) is 0 Å². The fourth-order valence-corrected chi connectivity index (χ4v) is 7.93. The van der Waals surface area contributed by atoms with Crippen molar-refractivity contribution in [1.82, 2.24) is 25.8 Å². The number of fused-ring (bicyclic) bond motifs is 1. The maximum absolute atomic E-state index is 14.1.